The van der Waals surface area contributed by atoms with Crippen LogP contribution in [-0.4, -0.2) is 118 Å². The number of likely N-dealkylation sites (N-methyl/N-ethyl adjacent to an activating group) is 1. The van der Waals surface area contributed by atoms with E-state index in [2.05, 4.69) is 27.9 Å². The lowest BCUT2D eigenvalue weighted by Crippen LogP contribution is -2.53. The van der Waals surface area contributed by atoms with Crippen molar-refractivity contribution in [2.75, 3.05) is 39.8 Å². The summed E-state index contributed by atoms with van der Waals surface area (Å²) in [6, 6.07) is 6.50. The van der Waals surface area contributed by atoms with Crippen LogP contribution in [0.15, 0.2) is 24.4 Å². The molecule has 39 heavy (non-hydrogen) atoms. The van der Waals surface area contributed by atoms with Crippen LogP contribution in [0.4, 0.5) is 26.3 Å². The Morgan fingerprint density at radius 1 is 0.923 bits per heavy atom. The number of pyridine rings is 1. The zero-order chi connectivity index (χ0) is 29.4. The van der Waals surface area contributed by atoms with Crippen molar-refractivity contribution in [2.24, 2.45) is 0 Å². The number of nitrogens with zero attached hydrogens (tertiary/aromatic N) is 4. The molecule has 3 aliphatic rings. The van der Waals surface area contributed by atoms with Crippen molar-refractivity contribution in [2.45, 2.75) is 56.4 Å². The summed E-state index contributed by atoms with van der Waals surface area (Å²) >= 11 is 0. The number of carboxylic acids is 2. The Labute approximate surface area is 220 Å². The third-order valence-electron chi connectivity index (χ3n) is 6.33. The van der Waals surface area contributed by atoms with Crippen LogP contribution in [-0.2, 0) is 25.7 Å². The zero-order valence-electron chi connectivity index (χ0n) is 21.0. The number of alkyl halides is 6. The molecule has 1 aromatic rings. The first-order valence-corrected chi connectivity index (χ1v) is 12.0. The maximum atomic E-state index is 12.8. The van der Waals surface area contributed by atoms with E-state index in [0.717, 1.165) is 64.2 Å². The maximum absolute atomic E-state index is 12.8. The predicted molar refractivity (Wildman–Crippen MR) is 122 cm³/mol. The minimum Gasteiger partial charge on any atom is -0.475 e. The molecule has 2 N–H and O–H groups in total. The summed E-state index contributed by atoms with van der Waals surface area (Å²) in [5, 5.41) is 14.2. The lowest BCUT2D eigenvalue weighted by atomic mass is 9.98. The molecule has 10 nitrogen and oxygen atoms in total. The van der Waals surface area contributed by atoms with E-state index in [1.807, 2.05) is 23.2 Å². The summed E-state index contributed by atoms with van der Waals surface area (Å²) < 4.78 is 69.7. The van der Waals surface area contributed by atoms with Gasteiger partial charge in [-0.15, -0.1) is 0 Å². The number of halogens is 6. The summed E-state index contributed by atoms with van der Waals surface area (Å²) in [6.45, 7) is 5.48. The van der Waals surface area contributed by atoms with Gasteiger partial charge in [0, 0.05) is 51.5 Å². The fraction of sp³-hybridized carbons (Fsp3) is 0.652. The quantitative estimate of drug-likeness (QED) is 0.525. The highest BCUT2D eigenvalue weighted by Gasteiger charge is 2.43. The fourth-order valence-corrected chi connectivity index (χ4v) is 4.32. The second-order valence-electron chi connectivity index (χ2n) is 9.12. The van der Waals surface area contributed by atoms with Crippen LogP contribution in [0.3, 0.4) is 0 Å². The van der Waals surface area contributed by atoms with E-state index in [1.54, 1.807) is 0 Å². The van der Waals surface area contributed by atoms with Gasteiger partial charge < -0.3 is 24.7 Å². The zero-order valence-corrected chi connectivity index (χ0v) is 21.0. The molecule has 0 spiro atoms. The average molecular weight is 573 g/mol. The van der Waals surface area contributed by atoms with Crippen molar-refractivity contribution in [3.05, 3.63) is 30.1 Å². The molecule has 3 aliphatic heterocycles. The van der Waals surface area contributed by atoms with Crippen molar-refractivity contribution < 1.29 is 55.7 Å². The Morgan fingerprint density at radius 2 is 1.49 bits per heavy atom. The van der Waals surface area contributed by atoms with Crippen LogP contribution in [0.1, 0.15) is 25.0 Å². The minimum atomic E-state index is -5.08. The monoisotopic (exact) mass is 572 g/mol. The Bertz CT molecular complexity index is 933. The number of hydrogen-bond acceptors (Lipinski definition) is 7. The van der Waals surface area contributed by atoms with Gasteiger partial charge in [-0.2, -0.15) is 26.3 Å². The molecule has 16 heteroatoms. The van der Waals surface area contributed by atoms with E-state index in [1.165, 1.54) is 0 Å². The van der Waals surface area contributed by atoms with Gasteiger partial charge in [0.15, 0.2) is 0 Å². The number of likely N-dealkylation sites (tertiary alicyclic amines) is 1. The third kappa shape index (κ3) is 10.3. The van der Waals surface area contributed by atoms with Crippen LogP contribution >= 0.6 is 0 Å². The van der Waals surface area contributed by atoms with Crippen LogP contribution in [0, 0.1) is 0 Å². The van der Waals surface area contributed by atoms with E-state index < -0.39 is 24.3 Å². The van der Waals surface area contributed by atoms with Crippen molar-refractivity contribution in [3.8, 4) is 0 Å². The number of piperazine rings is 1. The highest BCUT2D eigenvalue weighted by Crippen LogP contribution is 2.33. The number of carbonyl (C=O) groups is 3. The molecule has 0 unspecified atom stereocenters. The van der Waals surface area contributed by atoms with E-state index in [-0.39, 0.29) is 18.1 Å². The van der Waals surface area contributed by atoms with Gasteiger partial charge in [-0.1, -0.05) is 6.07 Å². The number of ether oxygens (including phenoxy) is 1. The SMILES string of the molecule is CN1CCN(C(=O)[C@@H]2CC[C@@H]3[C@@H](CCN3Cc3ccccn3)O2)CC1.O=C(O)C(F)(F)F.O=C(O)C(F)(F)F. The number of carbonyl (C=O) groups excluding carboxylic acids is 1. The van der Waals surface area contributed by atoms with Gasteiger partial charge in [-0.25, -0.2) is 9.59 Å². The third-order valence-corrected chi connectivity index (χ3v) is 6.33. The molecule has 3 fully saturated rings. The molecule has 1 amide bonds. The van der Waals surface area contributed by atoms with Crippen molar-refractivity contribution >= 4 is 17.8 Å². The molecular weight excluding hydrogens is 542 g/mol. The summed E-state index contributed by atoms with van der Waals surface area (Å²) in [6.07, 6.45) is -5.46. The summed E-state index contributed by atoms with van der Waals surface area (Å²) in [4.78, 5) is 41.8. The Kier molecular flexibility index (Phi) is 11.5. The molecule has 0 saturated carbocycles. The molecule has 4 heterocycles. The smallest absolute Gasteiger partial charge is 0.475 e. The Morgan fingerprint density at radius 3 is 1.97 bits per heavy atom. The normalized spacial score (nSPS) is 24.0. The number of aromatic nitrogens is 1. The molecule has 4 rings (SSSR count). The van der Waals surface area contributed by atoms with E-state index in [4.69, 9.17) is 24.5 Å². The van der Waals surface area contributed by atoms with E-state index in [9.17, 15) is 31.1 Å². The molecule has 0 bridgehead atoms. The topological polar surface area (TPSA) is 124 Å². The highest BCUT2D eigenvalue weighted by molar-refractivity contribution is 5.81. The van der Waals surface area contributed by atoms with E-state index in [0.29, 0.717) is 6.04 Å². The number of amides is 1. The second kappa shape index (κ2) is 13.9. The average Bonchev–Trinajstić information content (AvgIpc) is 3.26. The summed E-state index contributed by atoms with van der Waals surface area (Å²) in [7, 11) is 2.11. The van der Waals surface area contributed by atoms with E-state index >= 15 is 0 Å². The first-order valence-electron chi connectivity index (χ1n) is 12.0. The number of fused-ring (bicyclic) bond motifs is 1. The van der Waals surface area contributed by atoms with Crippen molar-refractivity contribution in [1.29, 1.82) is 0 Å². The van der Waals surface area contributed by atoms with Crippen molar-refractivity contribution in [1.82, 2.24) is 19.7 Å². The predicted octanol–water partition coefficient (Wildman–Crippen LogP) is 2.24. The molecule has 220 valence electrons. The molecule has 0 radical (unpaired) electrons. The van der Waals surface area contributed by atoms with Gasteiger partial charge >= 0.3 is 24.3 Å². The Balaban J connectivity index is 0.000000317. The first-order chi connectivity index (χ1) is 18.1. The molecule has 0 aromatic carbocycles. The van der Waals surface area contributed by atoms with Gasteiger partial charge in [0.05, 0.1) is 11.8 Å². The van der Waals surface area contributed by atoms with Crippen LogP contribution in [0.2, 0.25) is 0 Å². The van der Waals surface area contributed by atoms with Crippen LogP contribution in [0.5, 0.6) is 0 Å². The van der Waals surface area contributed by atoms with Crippen molar-refractivity contribution in [3.63, 3.8) is 0 Å². The summed E-state index contributed by atoms with van der Waals surface area (Å²) in [5.74, 6) is -5.31. The van der Waals surface area contributed by atoms with Gasteiger partial charge in [0.1, 0.15) is 6.10 Å². The van der Waals surface area contributed by atoms with Gasteiger partial charge in [0.2, 0.25) is 0 Å². The lowest BCUT2D eigenvalue weighted by Gasteiger charge is -2.39. The number of rotatable bonds is 3. The molecule has 3 atom stereocenters. The summed E-state index contributed by atoms with van der Waals surface area (Å²) in [5.41, 5.74) is 1.11. The Hall–Kier alpha value is -2.98. The highest BCUT2D eigenvalue weighted by atomic mass is 19.4. The van der Waals surface area contributed by atoms with Gasteiger partial charge in [-0.3, -0.25) is 14.7 Å². The molecular formula is C23H30F6N4O6. The first kappa shape index (κ1) is 32.2. The maximum Gasteiger partial charge on any atom is 0.490 e. The lowest BCUT2D eigenvalue weighted by molar-refractivity contribution is -0.193. The number of aliphatic carboxylic acids is 2. The van der Waals surface area contributed by atoms with Gasteiger partial charge in [-0.05, 0) is 38.4 Å². The largest absolute Gasteiger partial charge is 0.490 e. The molecule has 3 saturated heterocycles. The second-order valence-corrected chi connectivity index (χ2v) is 9.12. The number of hydrogen-bond donors (Lipinski definition) is 2. The minimum absolute atomic E-state index is 0.193. The number of carboxylic acid groups (broad SMARTS) is 2. The standard InChI is InChI=1S/C19H28N4O2.2C2HF3O2/c1-21-10-12-22(13-11-21)19(24)18-6-5-16-17(25-18)7-9-23(16)14-15-4-2-3-8-20-15;2*3-2(4,5)1(6)7/h2-4,8,16-18H,5-7,9-14H2,1H3;2*(H,6,7)/t16-,17-,18+;;/m1../s1. The molecule has 1 aromatic heterocycles. The van der Waals surface area contributed by atoms with Crippen LogP contribution < -0.4 is 0 Å². The fourth-order valence-electron chi connectivity index (χ4n) is 4.32. The molecule has 0 aliphatic carbocycles. The van der Waals surface area contributed by atoms with Gasteiger partial charge in [0.25, 0.3) is 5.91 Å². The van der Waals surface area contributed by atoms with Crippen LogP contribution in [0.25, 0.3) is 0 Å².